The molecule has 0 saturated heterocycles. The van der Waals surface area contributed by atoms with Gasteiger partial charge in [0.2, 0.25) is 0 Å². The van der Waals surface area contributed by atoms with E-state index in [1.165, 1.54) is 12.2 Å². The number of fused-ring (bicyclic) bond motifs is 1. The molecule has 0 aromatic heterocycles. The molecule has 0 aliphatic rings. The standard InChI is InChI=1S/C22H25NO4S/c1-3-4-5-8-14-27-22(24)21(28-2)16-19(23(25)26)15-18-12-9-11-17-10-6-7-13-20(17)18/h6-7,9-13,15-16H,3-5,8,14H2,1-2H3. The Balaban J connectivity index is 2.24. The summed E-state index contributed by atoms with van der Waals surface area (Å²) in [4.78, 5) is 23.6. The SMILES string of the molecule is CCCCCCOC(=O)C(=CC(=Cc1cccc2ccccc12)[N+](=O)[O-])SC. The van der Waals surface area contributed by atoms with Gasteiger partial charge in [0.25, 0.3) is 5.70 Å². The molecular weight excluding hydrogens is 374 g/mol. The van der Waals surface area contributed by atoms with E-state index in [4.69, 9.17) is 4.74 Å². The van der Waals surface area contributed by atoms with E-state index in [1.54, 1.807) is 6.26 Å². The topological polar surface area (TPSA) is 69.4 Å². The van der Waals surface area contributed by atoms with Crippen molar-refractivity contribution in [2.75, 3.05) is 12.9 Å². The summed E-state index contributed by atoms with van der Waals surface area (Å²) in [5.41, 5.74) is 0.582. The summed E-state index contributed by atoms with van der Waals surface area (Å²) >= 11 is 1.15. The van der Waals surface area contributed by atoms with Crippen molar-refractivity contribution in [1.82, 2.24) is 0 Å². The predicted molar refractivity (Wildman–Crippen MR) is 116 cm³/mol. The van der Waals surface area contributed by atoms with E-state index in [0.717, 1.165) is 53.8 Å². The number of nitro groups is 1. The van der Waals surface area contributed by atoms with Gasteiger partial charge in [-0.05, 0) is 29.0 Å². The molecule has 0 unspecified atom stereocenters. The van der Waals surface area contributed by atoms with Gasteiger partial charge in [0.15, 0.2) is 0 Å². The van der Waals surface area contributed by atoms with Crippen LogP contribution in [-0.4, -0.2) is 23.8 Å². The van der Waals surface area contributed by atoms with Crippen molar-refractivity contribution in [3.63, 3.8) is 0 Å². The van der Waals surface area contributed by atoms with Gasteiger partial charge in [-0.1, -0.05) is 68.7 Å². The number of hydrogen-bond acceptors (Lipinski definition) is 5. The van der Waals surface area contributed by atoms with Crippen molar-refractivity contribution in [1.29, 1.82) is 0 Å². The van der Waals surface area contributed by atoms with Crippen molar-refractivity contribution in [3.8, 4) is 0 Å². The lowest BCUT2D eigenvalue weighted by Gasteiger charge is -2.06. The van der Waals surface area contributed by atoms with Crippen LogP contribution in [0.5, 0.6) is 0 Å². The first kappa shape index (κ1) is 21.7. The first-order valence-electron chi connectivity index (χ1n) is 9.33. The molecule has 0 aliphatic heterocycles. The second kappa shape index (κ2) is 11.3. The molecule has 0 aliphatic carbocycles. The van der Waals surface area contributed by atoms with Crippen molar-refractivity contribution < 1.29 is 14.5 Å². The minimum absolute atomic E-state index is 0.149. The van der Waals surface area contributed by atoms with Crippen LogP contribution < -0.4 is 0 Å². The summed E-state index contributed by atoms with van der Waals surface area (Å²) < 4.78 is 5.26. The highest BCUT2D eigenvalue weighted by molar-refractivity contribution is 8.03. The number of nitrogens with zero attached hydrogens (tertiary/aromatic N) is 1. The van der Waals surface area contributed by atoms with Crippen LogP contribution in [0, 0.1) is 10.1 Å². The monoisotopic (exact) mass is 399 g/mol. The number of thioether (sulfide) groups is 1. The van der Waals surface area contributed by atoms with Crippen molar-refractivity contribution >= 4 is 34.6 Å². The van der Waals surface area contributed by atoms with E-state index in [-0.39, 0.29) is 10.6 Å². The summed E-state index contributed by atoms with van der Waals surface area (Å²) in [5, 5.41) is 13.5. The maximum absolute atomic E-state index is 12.3. The second-order valence-electron chi connectivity index (χ2n) is 6.30. The molecule has 148 valence electrons. The average molecular weight is 400 g/mol. The van der Waals surface area contributed by atoms with E-state index in [9.17, 15) is 14.9 Å². The summed E-state index contributed by atoms with van der Waals surface area (Å²) in [7, 11) is 0. The van der Waals surface area contributed by atoms with Crippen LogP contribution in [0.15, 0.2) is 59.1 Å². The van der Waals surface area contributed by atoms with Gasteiger partial charge in [0.1, 0.15) is 0 Å². The Morgan fingerprint density at radius 2 is 1.89 bits per heavy atom. The predicted octanol–water partition coefficient (Wildman–Crippen LogP) is 5.83. The number of rotatable bonds is 10. The fraction of sp³-hybridized carbons (Fsp3) is 0.318. The molecular formula is C22H25NO4S. The molecule has 0 spiro atoms. The minimum Gasteiger partial charge on any atom is -0.462 e. The highest BCUT2D eigenvalue weighted by Gasteiger charge is 2.16. The Morgan fingerprint density at radius 1 is 1.14 bits per heavy atom. The van der Waals surface area contributed by atoms with Gasteiger partial charge in [-0.25, -0.2) is 4.79 Å². The lowest BCUT2D eigenvalue weighted by molar-refractivity contribution is -0.417. The van der Waals surface area contributed by atoms with Crippen LogP contribution >= 0.6 is 11.8 Å². The van der Waals surface area contributed by atoms with Crippen molar-refractivity contribution in [2.45, 2.75) is 32.6 Å². The lowest BCUT2D eigenvalue weighted by atomic mass is 10.0. The van der Waals surface area contributed by atoms with E-state index >= 15 is 0 Å². The van der Waals surface area contributed by atoms with Gasteiger partial charge >= 0.3 is 5.97 Å². The molecule has 28 heavy (non-hydrogen) atoms. The number of ether oxygens (including phenoxy) is 1. The summed E-state index contributed by atoms with van der Waals surface area (Å²) in [6.07, 6.45) is 8.50. The fourth-order valence-electron chi connectivity index (χ4n) is 2.78. The summed E-state index contributed by atoms with van der Waals surface area (Å²) in [5.74, 6) is -0.519. The van der Waals surface area contributed by atoms with Gasteiger partial charge < -0.3 is 4.74 Å². The third kappa shape index (κ3) is 6.23. The number of unbranched alkanes of at least 4 members (excludes halogenated alkanes) is 3. The Morgan fingerprint density at radius 3 is 2.61 bits per heavy atom. The molecule has 0 N–H and O–H groups in total. The number of carbonyl (C=O) groups excluding carboxylic acids is 1. The van der Waals surface area contributed by atoms with Crippen molar-refractivity contribution in [2.24, 2.45) is 0 Å². The average Bonchev–Trinajstić information content (AvgIpc) is 2.70. The number of carbonyl (C=O) groups is 1. The van der Waals surface area contributed by atoms with Gasteiger partial charge in [0, 0.05) is 12.2 Å². The van der Waals surface area contributed by atoms with Crippen LogP contribution in [0.1, 0.15) is 38.2 Å². The second-order valence-corrected chi connectivity index (χ2v) is 7.15. The fourth-order valence-corrected chi connectivity index (χ4v) is 3.25. The zero-order valence-corrected chi connectivity index (χ0v) is 17.0. The highest BCUT2D eigenvalue weighted by Crippen LogP contribution is 2.23. The molecule has 2 aromatic carbocycles. The molecule has 0 fully saturated rings. The zero-order chi connectivity index (χ0) is 20.4. The Hall–Kier alpha value is -2.60. The molecule has 0 atom stereocenters. The first-order chi connectivity index (χ1) is 13.6. The van der Waals surface area contributed by atoms with E-state index in [2.05, 4.69) is 6.92 Å². The molecule has 0 heterocycles. The summed E-state index contributed by atoms with van der Waals surface area (Å²) in [6, 6.07) is 13.3. The van der Waals surface area contributed by atoms with Gasteiger partial charge in [0.05, 0.1) is 16.4 Å². The lowest BCUT2D eigenvalue weighted by Crippen LogP contribution is -2.08. The minimum atomic E-state index is -0.519. The molecule has 2 rings (SSSR count). The smallest absolute Gasteiger partial charge is 0.344 e. The Bertz CT molecular complexity index is 884. The molecule has 0 amide bonds. The van der Waals surface area contributed by atoms with E-state index in [1.807, 2.05) is 42.5 Å². The van der Waals surface area contributed by atoms with Crippen LogP contribution in [0.2, 0.25) is 0 Å². The van der Waals surface area contributed by atoms with Crippen molar-refractivity contribution in [3.05, 3.63) is 74.8 Å². The highest BCUT2D eigenvalue weighted by atomic mass is 32.2. The Kier molecular flexibility index (Phi) is 8.75. The molecule has 2 aromatic rings. The van der Waals surface area contributed by atoms with Gasteiger partial charge in [-0.3, -0.25) is 10.1 Å². The van der Waals surface area contributed by atoms with Crippen LogP contribution in [0.3, 0.4) is 0 Å². The van der Waals surface area contributed by atoms with Gasteiger partial charge in [-0.2, -0.15) is 0 Å². The van der Waals surface area contributed by atoms with Crippen LogP contribution in [0.4, 0.5) is 0 Å². The largest absolute Gasteiger partial charge is 0.462 e. The van der Waals surface area contributed by atoms with Crippen LogP contribution in [0.25, 0.3) is 16.8 Å². The number of allylic oxidation sites excluding steroid dienone is 1. The molecule has 5 nitrogen and oxygen atoms in total. The number of esters is 1. The summed E-state index contributed by atoms with van der Waals surface area (Å²) in [6.45, 7) is 2.44. The molecule has 0 bridgehead atoms. The maximum atomic E-state index is 12.3. The van der Waals surface area contributed by atoms with E-state index in [0.29, 0.717) is 6.61 Å². The number of hydrogen-bond donors (Lipinski definition) is 0. The third-order valence-electron chi connectivity index (χ3n) is 4.27. The first-order valence-corrected chi connectivity index (χ1v) is 10.6. The molecule has 0 radical (unpaired) electrons. The maximum Gasteiger partial charge on any atom is 0.344 e. The Labute approximate surface area is 169 Å². The quantitative estimate of drug-likeness (QED) is 0.126. The zero-order valence-electron chi connectivity index (χ0n) is 16.2. The van der Waals surface area contributed by atoms with Gasteiger partial charge in [-0.15, -0.1) is 11.8 Å². The van der Waals surface area contributed by atoms with E-state index < -0.39 is 10.9 Å². The number of benzene rings is 2. The van der Waals surface area contributed by atoms with Crippen LogP contribution in [-0.2, 0) is 9.53 Å². The third-order valence-corrected chi connectivity index (χ3v) is 4.99. The molecule has 6 heteroatoms. The molecule has 0 saturated carbocycles. The normalized spacial score (nSPS) is 12.2.